The molecule has 6 nitrogen and oxygen atoms in total. The van der Waals surface area contributed by atoms with Crippen LogP contribution in [0.15, 0.2) is 23.8 Å². The van der Waals surface area contributed by atoms with Crippen molar-refractivity contribution in [2.45, 2.75) is 96.6 Å². The number of rotatable bonds is 10. The van der Waals surface area contributed by atoms with Crippen LogP contribution in [0.4, 0.5) is 0 Å². The predicted octanol–water partition coefficient (Wildman–Crippen LogP) is 3.03. The molecule has 2 fully saturated rings. The Morgan fingerprint density at radius 1 is 1.21 bits per heavy atom. The van der Waals surface area contributed by atoms with E-state index in [0.717, 1.165) is 32.1 Å². The van der Waals surface area contributed by atoms with Gasteiger partial charge in [0.05, 0.1) is 24.4 Å². The van der Waals surface area contributed by atoms with Crippen LogP contribution in [0, 0.1) is 11.8 Å². The third-order valence-electron chi connectivity index (χ3n) is 5.86. The van der Waals surface area contributed by atoms with E-state index in [-0.39, 0.29) is 35.9 Å². The quantitative estimate of drug-likeness (QED) is 0.382. The maximum atomic E-state index is 11.5. The first-order valence-electron chi connectivity index (χ1n) is 10.9. The van der Waals surface area contributed by atoms with E-state index >= 15 is 0 Å². The predicted molar refractivity (Wildman–Crippen MR) is 112 cm³/mol. The van der Waals surface area contributed by atoms with Gasteiger partial charge in [-0.15, -0.1) is 0 Å². The molecule has 1 saturated carbocycles. The fraction of sp³-hybridized carbons (Fsp3) is 0.739. The first kappa shape index (κ1) is 23.8. The maximum absolute atomic E-state index is 11.5. The summed E-state index contributed by atoms with van der Waals surface area (Å²) in [7, 11) is 0. The van der Waals surface area contributed by atoms with Crippen LogP contribution in [-0.2, 0) is 14.3 Å². The molecule has 29 heavy (non-hydrogen) atoms. The average Bonchev–Trinajstić information content (AvgIpc) is 3.12. The van der Waals surface area contributed by atoms with Crippen molar-refractivity contribution in [1.82, 2.24) is 5.32 Å². The summed E-state index contributed by atoms with van der Waals surface area (Å²) in [5.74, 6) is -0.221. The lowest BCUT2D eigenvalue weighted by atomic mass is 9.89. The second kappa shape index (κ2) is 11.6. The first-order valence-corrected chi connectivity index (χ1v) is 10.9. The van der Waals surface area contributed by atoms with Crippen LogP contribution in [-0.4, -0.2) is 46.4 Å². The average molecular weight is 408 g/mol. The number of nitrogens with one attached hydrogen (secondary N) is 1. The zero-order chi connectivity index (χ0) is 21.4. The van der Waals surface area contributed by atoms with Crippen LogP contribution in [0.25, 0.3) is 0 Å². The zero-order valence-electron chi connectivity index (χ0n) is 18.0. The van der Waals surface area contributed by atoms with Gasteiger partial charge in [0.2, 0.25) is 11.8 Å². The Bertz CT molecular complexity index is 610. The lowest BCUT2D eigenvalue weighted by molar-refractivity contribution is -0.129. The third kappa shape index (κ3) is 8.03. The van der Waals surface area contributed by atoms with Crippen molar-refractivity contribution in [3.05, 3.63) is 23.8 Å². The molecule has 0 bridgehead atoms. The molecule has 0 radical (unpaired) electrons. The Kier molecular flexibility index (Phi) is 9.53. The number of amides is 2. The summed E-state index contributed by atoms with van der Waals surface area (Å²) in [5, 5.41) is 22.8. The van der Waals surface area contributed by atoms with Crippen molar-refractivity contribution in [2.75, 3.05) is 0 Å². The Morgan fingerprint density at radius 3 is 2.66 bits per heavy atom. The fourth-order valence-corrected chi connectivity index (χ4v) is 4.44. The molecule has 1 aliphatic carbocycles. The van der Waals surface area contributed by atoms with Crippen molar-refractivity contribution in [2.24, 2.45) is 11.8 Å². The molecule has 1 saturated heterocycles. The number of unbranched alkanes of at least 4 members (excludes halogenated alkanes) is 1. The molecule has 0 spiro atoms. The molecule has 0 aromatic carbocycles. The van der Waals surface area contributed by atoms with Gasteiger partial charge in [0, 0.05) is 25.7 Å². The van der Waals surface area contributed by atoms with Gasteiger partial charge < -0.3 is 14.9 Å². The normalized spacial score (nSPS) is 29.6. The number of aliphatic hydroxyl groups is 2. The maximum Gasteiger partial charge on any atom is 0.226 e. The molecule has 0 aromatic heterocycles. The Hall–Kier alpha value is -1.50. The Labute approximate surface area is 174 Å². The second-order valence-electron chi connectivity index (χ2n) is 8.74. The highest BCUT2D eigenvalue weighted by Gasteiger charge is 2.47. The highest BCUT2D eigenvalue weighted by molar-refractivity contribution is 5.93. The molecule has 3 N–H and O–H groups in total. The van der Waals surface area contributed by atoms with Gasteiger partial charge in [-0.2, -0.15) is 0 Å². The standard InChI is InChI=1S/C23H37NO5/c1-15(2)7-6-8-17(26)11-12-19-20-13-18(29-22(20)14-21(19)27)9-4-5-10-23(28)24-16(3)25/h7,11-12,17-22,26-27H,4-6,8-10,13-14H2,1-3H3,(H,24,25,28)/b12-11+/t17-,18+,19+,20+,21+,22-/m0/s1. The summed E-state index contributed by atoms with van der Waals surface area (Å²) in [6.07, 6.45) is 11.2. The van der Waals surface area contributed by atoms with Gasteiger partial charge in [0.25, 0.3) is 0 Å². The molecule has 2 aliphatic rings. The van der Waals surface area contributed by atoms with E-state index in [0.29, 0.717) is 19.3 Å². The van der Waals surface area contributed by atoms with E-state index in [1.54, 1.807) is 0 Å². The summed E-state index contributed by atoms with van der Waals surface area (Å²) in [6.45, 7) is 5.44. The molecule has 6 heteroatoms. The van der Waals surface area contributed by atoms with E-state index in [1.165, 1.54) is 12.5 Å². The van der Waals surface area contributed by atoms with Gasteiger partial charge in [-0.3, -0.25) is 14.9 Å². The minimum absolute atomic E-state index is 0.0319. The molecule has 2 amide bonds. The molecule has 0 unspecified atom stereocenters. The number of carbonyl (C=O) groups excluding carboxylic acids is 2. The monoisotopic (exact) mass is 407 g/mol. The van der Waals surface area contributed by atoms with Crippen LogP contribution in [0.2, 0.25) is 0 Å². The summed E-state index contributed by atoms with van der Waals surface area (Å²) >= 11 is 0. The van der Waals surface area contributed by atoms with Crippen LogP contribution < -0.4 is 5.32 Å². The zero-order valence-corrected chi connectivity index (χ0v) is 18.0. The van der Waals surface area contributed by atoms with Crippen LogP contribution in [0.5, 0.6) is 0 Å². The van der Waals surface area contributed by atoms with E-state index < -0.39 is 12.2 Å². The molecular weight excluding hydrogens is 370 g/mol. The highest BCUT2D eigenvalue weighted by Crippen LogP contribution is 2.45. The lowest BCUT2D eigenvalue weighted by Gasteiger charge is -2.18. The van der Waals surface area contributed by atoms with Crippen LogP contribution in [0.3, 0.4) is 0 Å². The van der Waals surface area contributed by atoms with E-state index in [2.05, 4.69) is 25.2 Å². The van der Waals surface area contributed by atoms with Crippen molar-refractivity contribution in [1.29, 1.82) is 0 Å². The SMILES string of the molecule is CC(=O)NC(=O)CCCC[C@@H]1C[C@@H]2[C@@H](/C=C/[C@@H](O)CCC=C(C)C)[C@H](O)C[C@@H]2O1. The number of hydrogen-bond acceptors (Lipinski definition) is 5. The molecular formula is C23H37NO5. The highest BCUT2D eigenvalue weighted by atomic mass is 16.5. The Morgan fingerprint density at radius 2 is 1.97 bits per heavy atom. The van der Waals surface area contributed by atoms with Crippen molar-refractivity contribution in [3.63, 3.8) is 0 Å². The summed E-state index contributed by atoms with van der Waals surface area (Å²) in [6, 6.07) is 0. The van der Waals surface area contributed by atoms with Gasteiger partial charge in [-0.05, 0) is 51.9 Å². The summed E-state index contributed by atoms with van der Waals surface area (Å²) in [4.78, 5) is 22.3. The number of fused-ring (bicyclic) bond motifs is 1. The fourth-order valence-electron chi connectivity index (χ4n) is 4.44. The first-order chi connectivity index (χ1) is 13.8. The number of hydrogen-bond donors (Lipinski definition) is 3. The van der Waals surface area contributed by atoms with Gasteiger partial charge >= 0.3 is 0 Å². The number of carbonyl (C=O) groups is 2. The smallest absolute Gasteiger partial charge is 0.226 e. The Balaban J connectivity index is 1.73. The van der Waals surface area contributed by atoms with Gasteiger partial charge in [0.15, 0.2) is 0 Å². The topological polar surface area (TPSA) is 95.9 Å². The molecule has 164 valence electrons. The van der Waals surface area contributed by atoms with Gasteiger partial charge in [-0.1, -0.05) is 30.2 Å². The van der Waals surface area contributed by atoms with E-state index in [4.69, 9.17) is 4.74 Å². The minimum atomic E-state index is -0.490. The van der Waals surface area contributed by atoms with Crippen LogP contribution in [0.1, 0.15) is 72.1 Å². The number of allylic oxidation sites excluding steroid dienone is 2. The van der Waals surface area contributed by atoms with Crippen molar-refractivity contribution >= 4 is 11.8 Å². The second-order valence-corrected chi connectivity index (χ2v) is 8.74. The van der Waals surface area contributed by atoms with Crippen molar-refractivity contribution < 1.29 is 24.5 Å². The lowest BCUT2D eigenvalue weighted by Crippen LogP contribution is -2.27. The third-order valence-corrected chi connectivity index (χ3v) is 5.86. The molecule has 1 aliphatic heterocycles. The molecule has 6 atom stereocenters. The summed E-state index contributed by atoms with van der Waals surface area (Å²) < 4.78 is 6.14. The summed E-state index contributed by atoms with van der Waals surface area (Å²) in [5.41, 5.74) is 1.25. The van der Waals surface area contributed by atoms with Gasteiger partial charge in [-0.25, -0.2) is 0 Å². The van der Waals surface area contributed by atoms with E-state index in [9.17, 15) is 19.8 Å². The number of imide groups is 1. The molecule has 2 rings (SSSR count). The van der Waals surface area contributed by atoms with Crippen molar-refractivity contribution in [3.8, 4) is 0 Å². The number of ether oxygens (including phenoxy) is 1. The minimum Gasteiger partial charge on any atom is -0.392 e. The number of aliphatic hydroxyl groups excluding tert-OH is 2. The largest absolute Gasteiger partial charge is 0.392 e. The van der Waals surface area contributed by atoms with Crippen LogP contribution >= 0.6 is 0 Å². The molecule has 1 heterocycles. The van der Waals surface area contributed by atoms with Gasteiger partial charge in [0.1, 0.15) is 0 Å². The molecule has 0 aromatic rings. The van der Waals surface area contributed by atoms with E-state index in [1.807, 2.05) is 12.2 Å².